The molecule has 4 heterocycles. The lowest BCUT2D eigenvalue weighted by atomic mass is 9.91. The number of imidazole rings is 1. The van der Waals surface area contributed by atoms with Crippen molar-refractivity contribution in [3.8, 4) is 23.5 Å². The average Bonchev–Trinajstić information content (AvgIpc) is 3.62. The van der Waals surface area contributed by atoms with Crippen molar-refractivity contribution in [2.75, 3.05) is 32.2 Å². The molecule has 3 aromatic heterocycles. The number of nitrogens with two attached hydrogens (primary N) is 1. The molecule has 0 spiro atoms. The van der Waals surface area contributed by atoms with Gasteiger partial charge in [0.15, 0.2) is 23.3 Å². The normalized spacial score (nSPS) is 20.5. The van der Waals surface area contributed by atoms with Gasteiger partial charge in [-0.15, -0.1) is 6.42 Å². The number of fused-ring (bicyclic) bond motifs is 1. The molecule has 5 N–H and O–H groups in total. The van der Waals surface area contributed by atoms with Crippen LogP contribution in [0.5, 0.6) is 0 Å². The van der Waals surface area contributed by atoms with Crippen molar-refractivity contribution in [2.45, 2.75) is 56.5 Å². The second kappa shape index (κ2) is 14.9. The Kier molecular flexibility index (Phi) is 10.9. The Bertz CT molecular complexity index is 1960. The fraction of sp³-hybridized carbons (Fsp3) is 0.394. The van der Waals surface area contributed by atoms with E-state index in [1.54, 1.807) is 56.4 Å². The van der Waals surface area contributed by atoms with Gasteiger partial charge in [0.25, 0.3) is 11.2 Å². The predicted molar refractivity (Wildman–Crippen MR) is 177 cm³/mol. The highest BCUT2D eigenvalue weighted by Gasteiger charge is 2.58. The number of hydrogen-bond acceptors (Lipinski definition) is 14. The quantitative estimate of drug-likeness (QED) is 0.0647. The molecule has 1 aliphatic heterocycles. The highest BCUT2D eigenvalue weighted by atomic mass is 35.5. The Hall–Kier alpha value is -4.89. The number of terminal acetylenes is 1. The third-order valence-corrected chi connectivity index (χ3v) is 8.38. The molecule has 17 heteroatoms. The van der Waals surface area contributed by atoms with Crippen LogP contribution in [0.3, 0.4) is 0 Å². The lowest BCUT2D eigenvalue weighted by Gasteiger charge is -2.32. The van der Waals surface area contributed by atoms with E-state index in [-0.39, 0.29) is 54.2 Å². The fourth-order valence-electron chi connectivity index (χ4n) is 5.65. The van der Waals surface area contributed by atoms with Crippen LogP contribution in [0, 0.1) is 12.3 Å². The SMILES string of the molecule is C#C[C@@]1(O)[C@@H](COC(Cc2ccc(-c3cccn(CCO)c3=O)cc2)(C(=O)OCC)C(=O)OCC)O[C@@H](n2cnc3c(N)nc(Cl)nc32)[C@@H]1O. The molecular weight excluding hydrogens is 676 g/mol. The molecule has 0 unspecified atom stereocenters. The summed E-state index contributed by atoms with van der Waals surface area (Å²) in [5, 5.41) is 31.8. The second-order valence-electron chi connectivity index (χ2n) is 11.2. The minimum absolute atomic E-state index is 0.0393. The smallest absolute Gasteiger partial charge is 0.350 e. The van der Waals surface area contributed by atoms with Crippen molar-refractivity contribution >= 4 is 40.5 Å². The van der Waals surface area contributed by atoms with Gasteiger partial charge in [-0.25, -0.2) is 14.6 Å². The molecule has 1 aliphatic rings. The van der Waals surface area contributed by atoms with E-state index < -0.39 is 54.6 Å². The molecule has 264 valence electrons. The van der Waals surface area contributed by atoms with E-state index in [0.717, 1.165) is 0 Å². The van der Waals surface area contributed by atoms with Crippen LogP contribution in [0.15, 0.2) is 53.7 Å². The van der Waals surface area contributed by atoms with Crippen LogP contribution < -0.4 is 11.3 Å². The van der Waals surface area contributed by atoms with E-state index in [1.165, 1.54) is 15.5 Å². The number of carbonyl (C=O) groups is 2. The number of anilines is 1. The summed E-state index contributed by atoms with van der Waals surface area (Å²) in [7, 11) is 0. The fourth-order valence-corrected chi connectivity index (χ4v) is 5.82. The Balaban J connectivity index is 1.48. The van der Waals surface area contributed by atoms with Crippen LogP contribution in [0.1, 0.15) is 25.6 Å². The van der Waals surface area contributed by atoms with Gasteiger partial charge in [0.2, 0.25) is 5.28 Å². The first-order valence-electron chi connectivity index (χ1n) is 15.5. The lowest BCUT2D eigenvalue weighted by molar-refractivity contribution is -0.198. The molecule has 0 radical (unpaired) electrons. The van der Waals surface area contributed by atoms with Crippen LogP contribution in [-0.4, -0.2) is 101 Å². The molecule has 0 bridgehead atoms. The maximum absolute atomic E-state index is 13.6. The highest BCUT2D eigenvalue weighted by Crippen LogP contribution is 2.39. The van der Waals surface area contributed by atoms with E-state index in [2.05, 4.69) is 20.9 Å². The van der Waals surface area contributed by atoms with Crippen LogP contribution >= 0.6 is 11.6 Å². The zero-order valence-electron chi connectivity index (χ0n) is 27.1. The Morgan fingerprint density at radius 3 is 2.46 bits per heavy atom. The van der Waals surface area contributed by atoms with Gasteiger partial charge in [-0.05, 0) is 48.7 Å². The Morgan fingerprint density at radius 2 is 1.84 bits per heavy atom. The number of esters is 2. The van der Waals surface area contributed by atoms with Gasteiger partial charge in [-0.3, -0.25) is 9.36 Å². The van der Waals surface area contributed by atoms with Gasteiger partial charge in [0.1, 0.15) is 17.7 Å². The molecule has 1 aromatic carbocycles. The summed E-state index contributed by atoms with van der Waals surface area (Å²) in [6.07, 6.45) is 3.39. The average molecular weight is 711 g/mol. The second-order valence-corrected chi connectivity index (χ2v) is 11.6. The molecule has 50 heavy (non-hydrogen) atoms. The largest absolute Gasteiger partial charge is 0.463 e. The van der Waals surface area contributed by atoms with Gasteiger partial charge >= 0.3 is 11.9 Å². The number of aliphatic hydroxyl groups excluding tert-OH is 2. The number of benzene rings is 1. The van der Waals surface area contributed by atoms with Crippen molar-refractivity contribution in [3.05, 3.63) is 70.1 Å². The van der Waals surface area contributed by atoms with Crippen LogP contribution in [-0.2, 0) is 41.5 Å². The zero-order chi connectivity index (χ0) is 36.2. The van der Waals surface area contributed by atoms with Gasteiger partial charge in [0.05, 0.1) is 32.8 Å². The van der Waals surface area contributed by atoms with Crippen LogP contribution in [0.2, 0.25) is 5.28 Å². The maximum Gasteiger partial charge on any atom is 0.350 e. The van der Waals surface area contributed by atoms with Crippen molar-refractivity contribution in [2.24, 2.45) is 0 Å². The maximum atomic E-state index is 13.6. The summed E-state index contributed by atoms with van der Waals surface area (Å²) in [5.74, 6) is -0.0617. The van der Waals surface area contributed by atoms with Crippen LogP contribution in [0.25, 0.3) is 22.3 Å². The molecular formula is C33H35ClN6O10. The molecule has 4 atom stereocenters. The molecule has 5 rings (SSSR count). The monoisotopic (exact) mass is 710 g/mol. The van der Waals surface area contributed by atoms with Gasteiger partial charge in [-0.2, -0.15) is 9.97 Å². The molecule has 0 saturated carbocycles. The van der Waals surface area contributed by atoms with E-state index in [4.69, 9.17) is 42.7 Å². The molecule has 1 fully saturated rings. The number of hydrogen-bond donors (Lipinski definition) is 4. The van der Waals surface area contributed by atoms with Gasteiger partial charge in [0, 0.05) is 24.7 Å². The number of aromatic nitrogens is 5. The summed E-state index contributed by atoms with van der Waals surface area (Å²) in [4.78, 5) is 52.3. The lowest BCUT2D eigenvalue weighted by Crippen LogP contribution is -2.56. The van der Waals surface area contributed by atoms with Crippen molar-refractivity contribution in [1.82, 2.24) is 24.1 Å². The molecule has 4 aromatic rings. The zero-order valence-corrected chi connectivity index (χ0v) is 27.8. The summed E-state index contributed by atoms with van der Waals surface area (Å²) >= 11 is 5.99. The summed E-state index contributed by atoms with van der Waals surface area (Å²) in [6, 6.07) is 9.77. The third-order valence-electron chi connectivity index (χ3n) is 8.21. The standard InChI is InChI=1S/C33H35ClN6O10/c1-4-32(46)22(50-28(24(32)42)40-18-36-23-25(35)37-31(34)38-26(23)40)17-49-33(29(44)47-5-2,30(45)48-6-3)16-19-9-11-20(12-10-19)21-8-7-13-39(14-15-41)27(21)43/h1,7-13,18,22,24,28,41-42,46H,5-6,14-17H2,2-3H3,(H2,35,37,38)/t22-,24+,28-,32-/m1/s1. The van der Waals surface area contributed by atoms with E-state index in [0.29, 0.717) is 16.7 Å². The Labute approximate surface area is 290 Å². The first-order chi connectivity index (χ1) is 23.9. The van der Waals surface area contributed by atoms with Gasteiger partial charge < -0.3 is 44.6 Å². The summed E-state index contributed by atoms with van der Waals surface area (Å²) in [5.41, 5.74) is 2.32. The van der Waals surface area contributed by atoms with E-state index in [9.17, 15) is 29.7 Å². The molecule has 0 amide bonds. The van der Waals surface area contributed by atoms with Gasteiger partial charge in [-0.1, -0.05) is 30.2 Å². The van der Waals surface area contributed by atoms with Crippen molar-refractivity contribution < 1.29 is 43.9 Å². The number of nitrogens with zero attached hydrogens (tertiary/aromatic N) is 5. The molecule has 0 aliphatic carbocycles. The number of halogens is 1. The van der Waals surface area contributed by atoms with E-state index in [1.807, 2.05) is 0 Å². The van der Waals surface area contributed by atoms with Crippen LogP contribution in [0.4, 0.5) is 5.82 Å². The third kappa shape index (κ3) is 6.66. The number of pyridine rings is 1. The summed E-state index contributed by atoms with van der Waals surface area (Å²) in [6.45, 7) is 2.06. The number of carbonyl (C=O) groups excluding carboxylic acids is 2. The van der Waals surface area contributed by atoms with Crippen molar-refractivity contribution in [3.63, 3.8) is 0 Å². The highest BCUT2D eigenvalue weighted by molar-refractivity contribution is 6.28. The Morgan fingerprint density at radius 1 is 1.16 bits per heavy atom. The number of rotatable bonds is 13. The summed E-state index contributed by atoms with van der Waals surface area (Å²) < 4.78 is 25.2. The topological polar surface area (TPSA) is 223 Å². The number of ether oxygens (including phenoxy) is 4. The van der Waals surface area contributed by atoms with E-state index >= 15 is 0 Å². The number of aliphatic hydroxyl groups is 3. The minimum atomic E-state index is -2.42. The first kappa shape index (κ1) is 36.4. The minimum Gasteiger partial charge on any atom is -0.463 e. The predicted octanol–water partition coefficient (Wildman–Crippen LogP) is 0.630. The van der Waals surface area contributed by atoms with Crippen molar-refractivity contribution in [1.29, 1.82) is 0 Å². The number of nitrogen functional groups attached to an aromatic ring is 1. The molecule has 16 nitrogen and oxygen atoms in total. The molecule has 1 saturated heterocycles. The first-order valence-corrected chi connectivity index (χ1v) is 15.9.